The van der Waals surface area contributed by atoms with Crippen molar-refractivity contribution in [1.82, 2.24) is 24.5 Å². The number of anilines is 2. The zero-order valence-electron chi connectivity index (χ0n) is 21.9. The Kier molecular flexibility index (Phi) is 6.05. The number of aryl methyl sites for hydroxylation is 1. The Morgan fingerprint density at radius 3 is 2.90 bits per heavy atom. The molecule has 1 amide bonds. The second kappa shape index (κ2) is 9.76. The molecule has 0 saturated carbocycles. The molecule has 1 fully saturated rings. The zero-order chi connectivity index (χ0) is 27.4. The number of amides is 1. The smallest absolute Gasteiger partial charge is 0.250 e. The van der Waals surface area contributed by atoms with Crippen LogP contribution in [0.15, 0.2) is 65.6 Å². The van der Waals surface area contributed by atoms with Crippen LogP contribution in [0, 0.1) is 17.0 Å². The molecule has 6 heterocycles. The second-order valence-electron chi connectivity index (χ2n) is 11.1. The van der Waals surface area contributed by atoms with Crippen molar-refractivity contribution in [3.05, 3.63) is 93.4 Å². The number of nitrogens with zero attached hydrogens (tertiary/aromatic N) is 6. The van der Waals surface area contributed by atoms with Crippen molar-refractivity contribution in [2.45, 2.75) is 44.2 Å². The number of fused-ring (bicyclic) bond motifs is 9. The number of pyridine rings is 2. The van der Waals surface area contributed by atoms with E-state index in [0.29, 0.717) is 38.9 Å². The summed E-state index contributed by atoms with van der Waals surface area (Å²) in [5.74, 6) is 0.759. The molecule has 0 radical (unpaired) electrons. The van der Waals surface area contributed by atoms with Crippen LogP contribution in [0.25, 0.3) is 5.65 Å². The van der Waals surface area contributed by atoms with Crippen LogP contribution in [-0.2, 0) is 24.2 Å². The number of carbonyl (C=O) groups is 1. The molecular formula is C29H30N7O4-. The van der Waals surface area contributed by atoms with Crippen LogP contribution < -0.4 is 21.0 Å². The molecule has 206 valence electrons. The largest absolute Gasteiger partial charge is 0.733 e. The maximum Gasteiger partial charge on any atom is 0.250 e. The zero-order valence-corrected chi connectivity index (χ0v) is 21.9. The van der Waals surface area contributed by atoms with Gasteiger partial charge in [-0.25, -0.2) is 0 Å². The fraction of sp³-hybridized carbons (Fsp3) is 0.379. The predicted octanol–water partition coefficient (Wildman–Crippen LogP) is 2.50. The van der Waals surface area contributed by atoms with Crippen molar-refractivity contribution < 1.29 is 10.0 Å². The highest BCUT2D eigenvalue weighted by molar-refractivity contribution is 5.82. The third kappa shape index (κ3) is 4.13. The Morgan fingerprint density at radius 1 is 1.12 bits per heavy atom. The first kappa shape index (κ1) is 24.8. The number of piperidine rings is 1. The van der Waals surface area contributed by atoms with Gasteiger partial charge in [-0.05, 0) is 67.1 Å². The van der Waals surface area contributed by atoms with Crippen LogP contribution in [0.4, 0.5) is 11.4 Å². The lowest BCUT2D eigenvalue weighted by Gasteiger charge is -2.54. The Balaban J connectivity index is 1.14. The Bertz CT molecular complexity index is 1650. The summed E-state index contributed by atoms with van der Waals surface area (Å²) >= 11 is 0. The lowest BCUT2D eigenvalue weighted by molar-refractivity contribution is -0.126. The average Bonchev–Trinajstić information content (AvgIpc) is 3.38. The van der Waals surface area contributed by atoms with Gasteiger partial charge in [-0.2, -0.15) is 0 Å². The monoisotopic (exact) mass is 540 g/mol. The Hall–Kier alpha value is -4.22. The van der Waals surface area contributed by atoms with Crippen molar-refractivity contribution >= 4 is 22.9 Å². The molecule has 2 unspecified atom stereocenters. The molecule has 4 aromatic rings. The van der Waals surface area contributed by atoms with Gasteiger partial charge in [-0.15, -0.1) is 10.2 Å². The fourth-order valence-corrected chi connectivity index (χ4v) is 7.11. The minimum Gasteiger partial charge on any atom is -0.733 e. The Morgan fingerprint density at radius 2 is 2.02 bits per heavy atom. The highest BCUT2D eigenvalue weighted by Gasteiger charge is 2.49. The molecular weight excluding hydrogens is 510 g/mol. The van der Waals surface area contributed by atoms with E-state index in [4.69, 9.17) is 0 Å². The van der Waals surface area contributed by atoms with E-state index in [1.54, 1.807) is 18.2 Å². The van der Waals surface area contributed by atoms with Crippen LogP contribution in [-0.4, -0.2) is 49.4 Å². The minimum absolute atomic E-state index is 0.00184. The van der Waals surface area contributed by atoms with E-state index in [2.05, 4.69) is 20.4 Å². The summed E-state index contributed by atoms with van der Waals surface area (Å²) in [7, 11) is 0. The number of hydrogen-bond donors (Lipinski definition) is 2. The number of aromatic nitrogens is 4. The number of nitrogens with one attached hydrogen (secondary N) is 1. The number of benzene rings is 1. The normalized spacial score (nSPS) is 22.8. The van der Waals surface area contributed by atoms with E-state index < -0.39 is 0 Å². The van der Waals surface area contributed by atoms with E-state index in [0.717, 1.165) is 34.8 Å². The van der Waals surface area contributed by atoms with Gasteiger partial charge in [0.05, 0.1) is 11.6 Å². The van der Waals surface area contributed by atoms with Crippen molar-refractivity contribution in [3.8, 4) is 0 Å². The number of rotatable bonds is 6. The fourth-order valence-electron chi connectivity index (χ4n) is 7.11. The molecule has 3 aliphatic heterocycles. The predicted molar refractivity (Wildman–Crippen MR) is 148 cm³/mol. The molecule has 2 N–H and O–H groups in total. The molecule has 7 rings (SSSR count). The summed E-state index contributed by atoms with van der Waals surface area (Å²) in [5, 5.41) is 32.7. The summed E-state index contributed by atoms with van der Waals surface area (Å²) in [6, 6.07) is 16.3. The van der Waals surface area contributed by atoms with Gasteiger partial charge in [0.15, 0.2) is 5.65 Å². The molecule has 11 heteroatoms. The van der Waals surface area contributed by atoms with Crippen molar-refractivity contribution in [2.75, 3.05) is 23.2 Å². The van der Waals surface area contributed by atoms with E-state index >= 15 is 0 Å². The Labute approximate surface area is 230 Å². The molecule has 0 spiro atoms. The summed E-state index contributed by atoms with van der Waals surface area (Å²) in [5.41, 5.74) is 3.83. The molecule has 4 atom stereocenters. The van der Waals surface area contributed by atoms with E-state index in [1.165, 1.54) is 0 Å². The highest BCUT2D eigenvalue weighted by atomic mass is 16.8. The van der Waals surface area contributed by atoms with Crippen LogP contribution in [0.5, 0.6) is 0 Å². The average molecular weight is 541 g/mol. The van der Waals surface area contributed by atoms with Gasteiger partial charge in [0.1, 0.15) is 5.82 Å². The molecule has 2 bridgehead atoms. The first-order valence-corrected chi connectivity index (χ1v) is 13.8. The molecule has 40 heavy (non-hydrogen) atoms. The molecule has 1 saturated heterocycles. The lowest BCUT2D eigenvalue weighted by atomic mass is 9.70. The topological polar surface area (TPSA) is 131 Å². The maximum atomic E-state index is 13.8. The summed E-state index contributed by atoms with van der Waals surface area (Å²) < 4.78 is 3.84. The van der Waals surface area contributed by atoms with Crippen LogP contribution in [0.1, 0.15) is 35.8 Å². The summed E-state index contributed by atoms with van der Waals surface area (Å²) in [6.07, 6.45) is 4.71. The second-order valence-corrected chi connectivity index (χ2v) is 11.1. The van der Waals surface area contributed by atoms with E-state index in [-0.39, 0.29) is 46.2 Å². The van der Waals surface area contributed by atoms with Gasteiger partial charge >= 0.3 is 0 Å². The van der Waals surface area contributed by atoms with Crippen LogP contribution >= 0.6 is 0 Å². The molecule has 3 aliphatic rings. The molecule has 11 nitrogen and oxygen atoms in total. The lowest BCUT2D eigenvalue weighted by Crippen LogP contribution is -2.61. The SMILES string of the molecule is O=C(NCCCc1nnc2ccccn12)[C@@H]1Cc2cc(N([O-])O)ccc2N2CC3CC(Cn4c3cccc4=O)[C@@H]12. The third-order valence-electron chi connectivity index (χ3n) is 8.81. The number of hydrogen-bond acceptors (Lipinski definition) is 8. The van der Waals surface area contributed by atoms with Gasteiger partial charge in [-0.1, -0.05) is 12.1 Å². The van der Waals surface area contributed by atoms with Crippen molar-refractivity contribution in [1.29, 1.82) is 0 Å². The molecule has 1 aromatic carbocycles. The third-order valence-corrected chi connectivity index (χ3v) is 8.81. The van der Waals surface area contributed by atoms with Gasteiger partial charge in [0.2, 0.25) is 5.91 Å². The standard InChI is InChI=1S/C29H30N7O4/c37-27-8-3-5-23-19-13-20(17-34(23)27)28-22(15-18-14-21(36(39)40)9-10-24(18)35(28)16-19)29(38)30-11-4-7-26-32-31-25-6-1-2-12-33(25)26/h1-3,5-6,8-10,12,14,19-20,22,28,39H,4,7,11,13,15-17H2,(H,30,38)/q-1/t19?,20?,22-,28+/m1/s1. The first-order valence-electron chi connectivity index (χ1n) is 13.8. The van der Waals surface area contributed by atoms with Gasteiger partial charge < -0.3 is 25.2 Å². The summed E-state index contributed by atoms with van der Waals surface area (Å²) in [6.45, 7) is 1.76. The molecule has 3 aromatic heterocycles. The van der Waals surface area contributed by atoms with E-state index in [1.807, 2.05) is 51.6 Å². The highest BCUT2D eigenvalue weighted by Crippen LogP contribution is 2.47. The van der Waals surface area contributed by atoms with E-state index in [9.17, 15) is 20.0 Å². The van der Waals surface area contributed by atoms with Gasteiger partial charge in [-0.3, -0.25) is 19.2 Å². The van der Waals surface area contributed by atoms with Gasteiger partial charge in [0, 0.05) is 61.7 Å². The maximum absolute atomic E-state index is 13.8. The van der Waals surface area contributed by atoms with Gasteiger partial charge in [0.25, 0.3) is 5.56 Å². The first-order chi connectivity index (χ1) is 19.5. The minimum atomic E-state index is -0.359. The molecule has 0 aliphatic carbocycles. The van der Waals surface area contributed by atoms with Crippen LogP contribution in [0.2, 0.25) is 0 Å². The van der Waals surface area contributed by atoms with Crippen molar-refractivity contribution in [2.24, 2.45) is 11.8 Å². The summed E-state index contributed by atoms with van der Waals surface area (Å²) in [4.78, 5) is 28.8. The quantitative estimate of drug-likeness (QED) is 0.282. The van der Waals surface area contributed by atoms with Crippen LogP contribution in [0.3, 0.4) is 0 Å². The number of carbonyl (C=O) groups excluding carboxylic acids is 1. The van der Waals surface area contributed by atoms with Crippen molar-refractivity contribution in [3.63, 3.8) is 0 Å².